The lowest BCUT2D eigenvalue weighted by Gasteiger charge is -2.10. The van der Waals surface area contributed by atoms with Crippen molar-refractivity contribution in [2.75, 3.05) is 6.61 Å². The summed E-state index contributed by atoms with van der Waals surface area (Å²) in [6, 6.07) is 13.8. The Kier molecular flexibility index (Phi) is 8.19. The molecule has 2 aromatic carbocycles. The molecule has 0 atom stereocenters. The number of amides is 1. The number of halogens is 3. The predicted molar refractivity (Wildman–Crippen MR) is 150 cm³/mol. The largest absolute Gasteiger partial charge is 0.506 e. The molecule has 0 radical (unpaired) electrons. The van der Waals surface area contributed by atoms with E-state index in [1.54, 1.807) is 43.3 Å². The summed E-state index contributed by atoms with van der Waals surface area (Å²) in [5, 5.41) is 12.2. The van der Waals surface area contributed by atoms with E-state index in [1.807, 2.05) is 30.5 Å². The minimum Gasteiger partial charge on any atom is -0.506 e. The second kappa shape index (κ2) is 11.2. The van der Waals surface area contributed by atoms with Crippen LogP contribution in [0.1, 0.15) is 34.2 Å². The smallest absolute Gasteiger partial charge is 0.344 e. The van der Waals surface area contributed by atoms with Gasteiger partial charge in [-0.25, -0.2) is 9.79 Å². The van der Waals surface area contributed by atoms with Gasteiger partial charge in [-0.2, -0.15) is 0 Å². The first-order valence-electron chi connectivity index (χ1n) is 11.1. The molecule has 6 nitrogen and oxygen atoms in total. The number of ether oxygens (including phenoxy) is 1. The molecule has 0 fully saturated rings. The molecule has 1 amide bonds. The van der Waals surface area contributed by atoms with Gasteiger partial charge in [-0.1, -0.05) is 58.7 Å². The van der Waals surface area contributed by atoms with E-state index in [0.29, 0.717) is 15.0 Å². The van der Waals surface area contributed by atoms with Crippen molar-refractivity contribution in [2.45, 2.75) is 20.8 Å². The number of nitrogens with zero attached hydrogens (tertiary/aromatic N) is 2. The molecule has 1 aromatic heterocycles. The third kappa shape index (κ3) is 5.50. The van der Waals surface area contributed by atoms with E-state index in [2.05, 4.69) is 4.99 Å². The van der Waals surface area contributed by atoms with Crippen molar-refractivity contribution < 1.29 is 19.4 Å². The van der Waals surface area contributed by atoms with Crippen LogP contribution >= 0.6 is 46.6 Å². The summed E-state index contributed by atoms with van der Waals surface area (Å²) < 4.78 is 7.12. The van der Waals surface area contributed by atoms with Gasteiger partial charge in [0.1, 0.15) is 16.4 Å². The highest BCUT2D eigenvalue weighted by molar-refractivity contribution is 8.18. The molecule has 0 bridgehead atoms. The fourth-order valence-corrected chi connectivity index (χ4v) is 5.39. The van der Waals surface area contributed by atoms with Gasteiger partial charge in [0.15, 0.2) is 0 Å². The van der Waals surface area contributed by atoms with Crippen LogP contribution < -0.4 is 0 Å². The second-order valence-corrected chi connectivity index (χ2v) is 10.3. The fourth-order valence-electron chi connectivity index (χ4n) is 3.88. The molecular formula is C27H21Cl3N2O4S. The van der Waals surface area contributed by atoms with Crippen molar-refractivity contribution in [2.24, 2.45) is 4.99 Å². The van der Waals surface area contributed by atoms with Gasteiger partial charge in [0.25, 0.3) is 5.91 Å². The third-order valence-corrected chi connectivity index (χ3v) is 7.68. The quantitative estimate of drug-likeness (QED) is 0.315. The number of aliphatic imine (C=N–C) groups is 1. The van der Waals surface area contributed by atoms with Gasteiger partial charge in [-0.15, -0.1) is 0 Å². The minimum atomic E-state index is -0.775. The zero-order valence-corrected chi connectivity index (χ0v) is 23.1. The first-order valence-corrected chi connectivity index (χ1v) is 13.1. The first-order chi connectivity index (χ1) is 17.6. The molecule has 190 valence electrons. The van der Waals surface area contributed by atoms with Crippen LogP contribution in [0, 0.1) is 13.8 Å². The van der Waals surface area contributed by atoms with Crippen LogP contribution in [-0.2, 0) is 9.53 Å². The maximum absolute atomic E-state index is 12.8. The van der Waals surface area contributed by atoms with Crippen LogP contribution in [0.3, 0.4) is 0 Å². The SMILES string of the molecule is CCOC(=O)C1=C(O)/C(=C/c2cc(C)n(-c3ccc(Cl)c(Cl)c3)c2C)SC1=NC(=O)c1ccccc1Cl. The van der Waals surface area contributed by atoms with Gasteiger partial charge in [0.2, 0.25) is 0 Å². The topological polar surface area (TPSA) is 80.9 Å². The Morgan fingerprint density at radius 2 is 1.78 bits per heavy atom. The molecular weight excluding hydrogens is 555 g/mol. The number of aryl methyl sites for hydroxylation is 1. The Balaban J connectivity index is 1.77. The van der Waals surface area contributed by atoms with E-state index < -0.39 is 11.9 Å². The zero-order chi connectivity index (χ0) is 26.9. The van der Waals surface area contributed by atoms with E-state index >= 15 is 0 Å². The second-order valence-electron chi connectivity index (χ2n) is 8.02. The van der Waals surface area contributed by atoms with Crippen LogP contribution in [0.4, 0.5) is 0 Å². The Bertz CT molecular complexity index is 1520. The van der Waals surface area contributed by atoms with E-state index in [9.17, 15) is 14.7 Å². The standard InChI is InChI=1S/C27H21Cl3N2O4S/c1-4-36-27(35)23-24(33)22(37-26(23)31-25(34)18-7-5-6-8-19(18)28)12-16-11-14(2)32(15(16)3)17-9-10-20(29)21(30)13-17/h5-13,33H,4H2,1-3H3/b22-12-,31-26?. The number of rotatable bonds is 5. The molecule has 2 heterocycles. The minimum absolute atomic E-state index is 0.0328. The molecule has 0 unspecified atom stereocenters. The predicted octanol–water partition coefficient (Wildman–Crippen LogP) is 7.76. The van der Waals surface area contributed by atoms with Crippen molar-refractivity contribution in [3.63, 3.8) is 0 Å². The summed E-state index contributed by atoms with van der Waals surface area (Å²) in [5.74, 6) is -1.72. The average Bonchev–Trinajstić information content (AvgIpc) is 3.30. The van der Waals surface area contributed by atoms with Crippen LogP contribution in [0.5, 0.6) is 0 Å². The summed E-state index contributed by atoms with van der Waals surface area (Å²) in [4.78, 5) is 30.0. The molecule has 0 saturated heterocycles. The van der Waals surface area contributed by atoms with Crippen molar-refractivity contribution in [1.29, 1.82) is 0 Å². The highest BCUT2D eigenvalue weighted by atomic mass is 35.5. The van der Waals surface area contributed by atoms with Gasteiger partial charge in [-0.3, -0.25) is 4.79 Å². The monoisotopic (exact) mass is 574 g/mol. The molecule has 0 saturated carbocycles. The average molecular weight is 576 g/mol. The Morgan fingerprint density at radius 1 is 1.05 bits per heavy atom. The maximum atomic E-state index is 12.8. The number of aliphatic hydroxyl groups excluding tert-OH is 1. The van der Waals surface area contributed by atoms with Crippen LogP contribution in [0.2, 0.25) is 15.1 Å². The number of aliphatic hydroxyl groups is 1. The van der Waals surface area contributed by atoms with Crippen LogP contribution in [-0.4, -0.2) is 33.2 Å². The van der Waals surface area contributed by atoms with Crippen LogP contribution in [0.15, 0.2) is 69.8 Å². The highest BCUT2D eigenvalue weighted by Crippen LogP contribution is 2.40. The summed E-state index contributed by atoms with van der Waals surface area (Å²) in [5.41, 5.74) is 3.42. The normalized spacial score (nSPS) is 15.6. The molecule has 10 heteroatoms. The first kappa shape index (κ1) is 27.1. The zero-order valence-electron chi connectivity index (χ0n) is 20.0. The van der Waals surface area contributed by atoms with E-state index in [-0.39, 0.29) is 33.6 Å². The van der Waals surface area contributed by atoms with Crippen molar-refractivity contribution >= 4 is 69.6 Å². The summed E-state index contributed by atoms with van der Waals surface area (Å²) >= 11 is 19.4. The van der Waals surface area contributed by atoms with Crippen molar-refractivity contribution in [1.82, 2.24) is 4.57 Å². The van der Waals surface area contributed by atoms with E-state index in [1.165, 1.54) is 6.07 Å². The molecule has 3 aromatic rings. The van der Waals surface area contributed by atoms with Gasteiger partial charge in [-0.05, 0) is 68.8 Å². The Hall–Kier alpha value is -2.97. The number of hydrogen-bond acceptors (Lipinski definition) is 5. The fraction of sp³-hybridized carbons (Fsp3) is 0.148. The summed E-state index contributed by atoms with van der Waals surface area (Å²) in [6.07, 6.45) is 1.73. The molecule has 4 rings (SSSR count). The lowest BCUT2D eigenvalue weighted by Crippen LogP contribution is -2.14. The number of benzene rings is 2. The van der Waals surface area contributed by atoms with Gasteiger partial charge < -0.3 is 14.4 Å². The number of carbonyl (C=O) groups is 2. The number of esters is 1. The maximum Gasteiger partial charge on any atom is 0.344 e. The molecule has 1 aliphatic heterocycles. The number of aromatic nitrogens is 1. The molecule has 0 spiro atoms. The Labute approximate surface area is 233 Å². The lowest BCUT2D eigenvalue weighted by molar-refractivity contribution is -0.138. The molecule has 1 aliphatic rings. The van der Waals surface area contributed by atoms with Gasteiger partial charge in [0, 0.05) is 17.1 Å². The van der Waals surface area contributed by atoms with Crippen LogP contribution in [0.25, 0.3) is 11.8 Å². The highest BCUT2D eigenvalue weighted by Gasteiger charge is 2.34. The lowest BCUT2D eigenvalue weighted by atomic mass is 10.1. The van der Waals surface area contributed by atoms with E-state index in [0.717, 1.165) is 34.4 Å². The summed E-state index contributed by atoms with van der Waals surface area (Å²) in [6.45, 7) is 5.60. The number of hydrogen-bond donors (Lipinski definition) is 1. The number of thioether (sulfide) groups is 1. The van der Waals surface area contributed by atoms with Gasteiger partial charge >= 0.3 is 5.97 Å². The third-order valence-electron chi connectivity index (χ3n) is 5.60. The molecule has 1 N–H and O–H groups in total. The van der Waals surface area contributed by atoms with Crippen molar-refractivity contribution in [3.8, 4) is 5.69 Å². The van der Waals surface area contributed by atoms with Gasteiger partial charge in [0.05, 0.1) is 32.1 Å². The van der Waals surface area contributed by atoms with Crippen molar-refractivity contribution in [3.05, 3.63) is 102 Å². The molecule has 0 aliphatic carbocycles. The number of carbonyl (C=O) groups excluding carboxylic acids is 2. The van der Waals surface area contributed by atoms with E-state index in [4.69, 9.17) is 39.5 Å². The summed E-state index contributed by atoms with van der Waals surface area (Å²) in [7, 11) is 0. The Morgan fingerprint density at radius 3 is 2.46 bits per heavy atom. The molecule has 37 heavy (non-hydrogen) atoms.